The molecule has 0 aromatic carbocycles. The minimum absolute atomic E-state index is 0. The third-order valence-electron chi connectivity index (χ3n) is 1.63. The van der Waals surface area contributed by atoms with Crippen LogP contribution in [-0.4, -0.2) is 23.1 Å². The molecule has 0 atom stereocenters. The van der Waals surface area contributed by atoms with Crippen LogP contribution in [-0.2, 0) is 45.4 Å². The standard InChI is InChI=1S/4C5H8O2.Zr/c4*1-4(6)3-5(2)7;/h4*3,6H,1-2H3;/p-4/b2*4-3+;2*4-3-;. The molecule has 0 aliphatic rings. The molecule has 0 amide bonds. The SMILES string of the molecule is CC(=O)/C=C(/C)[O-].CC(=O)/C=C(/C)[O-].CC(=O)/C=C(\C)[O-].CC(=O)/C=C(\C)[O-].[Zr]. The number of rotatable bonds is 4. The number of hydrogen-bond acceptors (Lipinski definition) is 8. The molecule has 0 heterocycles. The molecule has 9 heteroatoms. The maximum Gasteiger partial charge on any atom is 0.151 e. The smallest absolute Gasteiger partial charge is 0.151 e. The predicted molar refractivity (Wildman–Crippen MR) is 97.8 cm³/mol. The summed E-state index contributed by atoms with van der Waals surface area (Å²) in [7, 11) is 0. The summed E-state index contributed by atoms with van der Waals surface area (Å²) >= 11 is 0. The van der Waals surface area contributed by atoms with Gasteiger partial charge < -0.3 is 20.4 Å². The Morgan fingerprint density at radius 2 is 0.517 bits per heavy atom. The van der Waals surface area contributed by atoms with Gasteiger partial charge in [0.15, 0.2) is 23.1 Å². The normalized spacial score (nSPS) is 11.0. The number of ketones is 4. The third-order valence-corrected chi connectivity index (χ3v) is 1.63. The molecule has 0 saturated carbocycles. The fourth-order valence-electron chi connectivity index (χ4n) is 1.14. The van der Waals surface area contributed by atoms with E-state index < -0.39 is 0 Å². The summed E-state index contributed by atoms with van der Waals surface area (Å²) < 4.78 is 0. The van der Waals surface area contributed by atoms with Gasteiger partial charge in [-0.25, -0.2) is 0 Å². The molecule has 0 rings (SSSR count). The van der Waals surface area contributed by atoms with Crippen LogP contribution >= 0.6 is 0 Å². The second-order valence-electron chi connectivity index (χ2n) is 5.46. The average molecular weight is 488 g/mol. The summed E-state index contributed by atoms with van der Waals surface area (Å²) in [5, 5.41) is 39.9. The number of allylic oxidation sites excluding steroid dienone is 8. The molecular weight excluding hydrogens is 459 g/mol. The van der Waals surface area contributed by atoms with Crippen molar-refractivity contribution in [2.45, 2.75) is 55.4 Å². The van der Waals surface area contributed by atoms with E-state index in [0.717, 1.165) is 24.3 Å². The second-order valence-corrected chi connectivity index (χ2v) is 5.46. The number of hydrogen-bond donors (Lipinski definition) is 0. The Bertz CT molecular complexity index is 513. The predicted octanol–water partition coefficient (Wildman–Crippen LogP) is -0.644. The fourth-order valence-corrected chi connectivity index (χ4v) is 1.14. The second kappa shape index (κ2) is 23.8. The van der Waals surface area contributed by atoms with Crippen LogP contribution in [0.5, 0.6) is 0 Å². The Kier molecular flexibility index (Phi) is 30.7. The zero-order chi connectivity index (χ0) is 23.4. The molecule has 0 unspecified atom stereocenters. The van der Waals surface area contributed by atoms with Crippen molar-refractivity contribution in [2.75, 3.05) is 0 Å². The van der Waals surface area contributed by atoms with Crippen LogP contribution in [0.4, 0.5) is 0 Å². The Morgan fingerprint density at radius 1 is 0.414 bits per heavy atom. The first-order valence-corrected chi connectivity index (χ1v) is 7.94. The zero-order valence-electron chi connectivity index (χ0n) is 18.1. The van der Waals surface area contributed by atoms with Gasteiger partial charge in [-0.15, -0.1) is 23.0 Å². The van der Waals surface area contributed by atoms with Crippen LogP contribution in [0.3, 0.4) is 0 Å². The van der Waals surface area contributed by atoms with E-state index in [1.807, 2.05) is 0 Å². The summed E-state index contributed by atoms with van der Waals surface area (Å²) in [6.07, 6.45) is 4.22. The summed E-state index contributed by atoms with van der Waals surface area (Å²) in [6.45, 7) is 10.8. The van der Waals surface area contributed by atoms with E-state index in [1.165, 1.54) is 55.4 Å². The number of carbonyl (C=O) groups is 4. The van der Waals surface area contributed by atoms with E-state index in [9.17, 15) is 39.6 Å². The Morgan fingerprint density at radius 3 is 0.517 bits per heavy atom. The first-order valence-electron chi connectivity index (χ1n) is 7.94. The molecule has 0 N–H and O–H groups in total. The molecule has 0 radical (unpaired) electrons. The molecule has 0 spiro atoms. The van der Waals surface area contributed by atoms with E-state index >= 15 is 0 Å². The van der Waals surface area contributed by atoms with Crippen molar-refractivity contribution in [3.63, 3.8) is 0 Å². The van der Waals surface area contributed by atoms with Gasteiger partial charge in [0.2, 0.25) is 0 Å². The van der Waals surface area contributed by atoms with Gasteiger partial charge in [0.05, 0.1) is 0 Å². The summed E-state index contributed by atoms with van der Waals surface area (Å²) in [6, 6.07) is 0. The molecule has 0 aliphatic heterocycles. The van der Waals surface area contributed by atoms with Crippen LogP contribution < -0.4 is 20.4 Å². The number of carbonyl (C=O) groups excluding carboxylic acids is 4. The zero-order valence-corrected chi connectivity index (χ0v) is 20.5. The molecular formula is C20H28O8Zr-4. The van der Waals surface area contributed by atoms with Crippen LogP contribution in [0.25, 0.3) is 0 Å². The van der Waals surface area contributed by atoms with Crippen LogP contribution in [0.15, 0.2) is 47.3 Å². The first-order chi connectivity index (χ1) is 12.5. The summed E-state index contributed by atoms with van der Waals surface area (Å²) in [5.74, 6) is -1.50. The van der Waals surface area contributed by atoms with Gasteiger partial charge in [-0.3, -0.25) is 19.2 Å². The van der Waals surface area contributed by atoms with E-state index in [-0.39, 0.29) is 72.4 Å². The van der Waals surface area contributed by atoms with Gasteiger partial charge in [-0.05, 0) is 52.0 Å². The Hall–Kier alpha value is -2.28. The summed E-state index contributed by atoms with van der Waals surface area (Å²) in [4.78, 5) is 39.9. The minimum atomic E-state index is -0.187. The summed E-state index contributed by atoms with van der Waals surface area (Å²) in [5.41, 5.74) is 0. The van der Waals surface area contributed by atoms with E-state index in [4.69, 9.17) is 0 Å². The fraction of sp³-hybridized carbons (Fsp3) is 0.400. The van der Waals surface area contributed by atoms with Crippen LogP contribution in [0.1, 0.15) is 55.4 Å². The van der Waals surface area contributed by atoms with Gasteiger partial charge >= 0.3 is 0 Å². The maximum atomic E-state index is 9.98. The molecule has 0 bridgehead atoms. The van der Waals surface area contributed by atoms with Crippen molar-refractivity contribution >= 4 is 23.1 Å². The molecule has 0 aromatic heterocycles. The third kappa shape index (κ3) is 76.9. The van der Waals surface area contributed by atoms with Gasteiger partial charge in [0.25, 0.3) is 0 Å². The van der Waals surface area contributed by atoms with Crippen molar-refractivity contribution in [2.24, 2.45) is 0 Å². The van der Waals surface area contributed by atoms with Gasteiger partial charge in [0.1, 0.15) is 0 Å². The van der Waals surface area contributed by atoms with Crippen LogP contribution in [0, 0.1) is 0 Å². The van der Waals surface area contributed by atoms with E-state index in [0.29, 0.717) is 0 Å². The Labute approximate surface area is 191 Å². The largest absolute Gasteiger partial charge is 0.876 e. The van der Waals surface area contributed by atoms with Gasteiger partial charge in [-0.2, -0.15) is 0 Å². The molecule has 29 heavy (non-hydrogen) atoms. The van der Waals surface area contributed by atoms with E-state index in [1.54, 1.807) is 0 Å². The first kappa shape index (κ1) is 37.5. The molecule has 0 aromatic rings. The van der Waals surface area contributed by atoms with Crippen molar-refractivity contribution in [1.82, 2.24) is 0 Å². The topological polar surface area (TPSA) is 161 Å². The van der Waals surface area contributed by atoms with E-state index in [2.05, 4.69) is 0 Å². The van der Waals surface area contributed by atoms with Crippen molar-refractivity contribution in [3.8, 4) is 0 Å². The van der Waals surface area contributed by atoms with Gasteiger partial charge in [-0.1, -0.05) is 27.7 Å². The molecule has 0 saturated heterocycles. The minimum Gasteiger partial charge on any atom is -0.876 e. The molecule has 0 aliphatic carbocycles. The monoisotopic (exact) mass is 486 g/mol. The molecule has 164 valence electrons. The van der Waals surface area contributed by atoms with Crippen molar-refractivity contribution < 1.29 is 65.8 Å². The van der Waals surface area contributed by atoms with Crippen molar-refractivity contribution in [1.29, 1.82) is 0 Å². The quantitative estimate of drug-likeness (QED) is 0.373. The van der Waals surface area contributed by atoms with Crippen LogP contribution in [0.2, 0.25) is 0 Å². The average Bonchev–Trinajstić information content (AvgIpc) is 2.32. The Balaban J connectivity index is -0.0000000873. The molecule has 8 nitrogen and oxygen atoms in total. The maximum absolute atomic E-state index is 9.98. The molecule has 0 fully saturated rings. The van der Waals surface area contributed by atoms with Crippen molar-refractivity contribution in [3.05, 3.63) is 47.3 Å². The van der Waals surface area contributed by atoms with Gasteiger partial charge in [0, 0.05) is 26.2 Å².